The molecule has 3 rings (SSSR count). The van der Waals surface area contributed by atoms with Crippen molar-refractivity contribution in [2.45, 2.75) is 33.7 Å². The number of piperazine rings is 1. The number of pyridine rings is 1. The smallest absolute Gasteiger partial charge is 0.270 e. The molecule has 2 heterocycles. The van der Waals surface area contributed by atoms with Crippen LogP contribution in [-0.2, 0) is 4.79 Å². The van der Waals surface area contributed by atoms with Crippen LogP contribution in [0.2, 0.25) is 0 Å². The van der Waals surface area contributed by atoms with Crippen molar-refractivity contribution in [1.29, 1.82) is 0 Å². The lowest BCUT2D eigenvalue weighted by Crippen LogP contribution is -2.50. The predicted octanol–water partition coefficient (Wildman–Crippen LogP) is 2.69. The summed E-state index contributed by atoms with van der Waals surface area (Å²) >= 11 is 0. The van der Waals surface area contributed by atoms with Crippen molar-refractivity contribution < 1.29 is 9.59 Å². The number of nitrogens with zero attached hydrogens (tertiary/aromatic N) is 3. The first-order chi connectivity index (χ1) is 12.8. The van der Waals surface area contributed by atoms with Crippen molar-refractivity contribution in [3.63, 3.8) is 0 Å². The number of anilines is 2. The van der Waals surface area contributed by atoms with Gasteiger partial charge in [-0.15, -0.1) is 0 Å². The average molecular weight is 366 g/mol. The number of amides is 2. The Kier molecular flexibility index (Phi) is 5.44. The molecule has 6 nitrogen and oxygen atoms in total. The third kappa shape index (κ3) is 4.45. The second kappa shape index (κ2) is 7.78. The summed E-state index contributed by atoms with van der Waals surface area (Å²) in [7, 11) is 0. The Bertz CT molecular complexity index is 843. The zero-order valence-electron chi connectivity index (χ0n) is 16.3. The molecule has 0 unspecified atom stereocenters. The normalized spacial score (nSPS) is 14.6. The molecule has 1 aromatic carbocycles. The molecule has 0 saturated carbocycles. The Labute approximate surface area is 160 Å². The summed E-state index contributed by atoms with van der Waals surface area (Å²) in [6.07, 6.45) is 1.62. The zero-order chi connectivity index (χ0) is 19.6. The van der Waals surface area contributed by atoms with Gasteiger partial charge in [-0.3, -0.25) is 14.6 Å². The van der Waals surface area contributed by atoms with Gasteiger partial charge in [0.1, 0.15) is 5.69 Å². The maximum atomic E-state index is 12.8. The summed E-state index contributed by atoms with van der Waals surface area (Å²) in [6.45, 7) is 9.49. The lowest BCUT2D eigenvalue weighted by Gasteiger charge is -2.36. The van der Waals surface area contributed by atoms with E-state index in [9.17, 15) is 9.59 Å². The highest BCUT2D eigenvalue weighted by atomic mass is 16.2. The summed E-state index contributed by atoms with van der Waals surface area (Å²) in [4.78, 5) is 32.9. The molecule has 0 aliphatic carbocycles. The molecule has 1 fully saturated rings. The van der Waals surface area contributed by atoms with E-state index in [2.05, 4.69) is 16.4 Å². The van der Waals surface area contributed by atoms with Gasteiger partial charge in [0.2, 0.25) is 5.91 Å². The third-order valence-corrected chi connectivity index (χ3v) is 4.50. The lowest BCUT2D eigenvalue weighted by atomic mass is 10.1. The number of hydrogen-bond acceptors (Lipinski definition) is 4. The molecule has 27 heavy (non-hydrogen) atoms. The first-order valence-corrected chi connectivity index (χ1v) is 9.24. The highest BCUT2D eigenvalue weighted by Crippen LogP contribution is 2.23. The molecule has 1 saturated heterocycles. The number of carbonyl (C=O) groups is 2. The van der Waals surface area contributed by atoms with Crippen LogP contribution >= 0.6 is 0 Å². The molecule has 2 amide bonds. The highest BCUT2D eigenvalue weighted by Gasteiger charge is 2.26. The molecule has 1 N–H and O–H groups in total. The molecular weight excluding hydrogens is 340 g/mol. The van der Waals surface area contributed by atoms with Gasteiger partial charge >= 0.3 is 0 Å². The Morgan fingerprint density at radius 1 is 1.07 bits per heavy atom. The molecule has 2 aromatic rings. The molecule has 1 aromatic heterocycles. The van der Waals surface area contributed by atoms with Crippen molar-refractivity contribution in [2.24, 2.45) is 0 Å². The minimum absolute atomic E-state index is 0.0471. The van der Waals surface area contributed by atoms with E-state index in [4.69, 9.17) is 0 Å². The van der Waals surface area contributed by atoms with Crippen LogP contribution in [0, 0.1) is 13.8 Å². The average Bonchev–Trinajstić information content (AvgIpc) is 2.60. The fourth-order valence-corrected chi connectivity index (χ4v) is 3.35. The van der Waals surface area contributed by atoms with Gasteiger partial charge in [0.15, 0.2) is 0 Å². The highest BCUT2D eigenvalue weighted by molar-refractivity contribution is 5.98. The molecule has 0 spiro atoms. The number of benzene rings is 1. The SMILES string of the molecule is Cc1cc(C)cc(N2CCN(c3ccnc(C(=O)NC(C)C)c3)CC2=O)c1. The summed E-state index contributed by atoms with van der Waals surface area (Å²) in [5, 5.41) is 2.84. The van der Waals surface area contributed by atoms with Crippen LogP contribution in [0.4, 0.5) is 11.4 Å². The number of aromatic nitrogens is 1. The van der Waals surface area contributed by atoms with E-state index < -0.39 is 0 Å². The van der Waals surface area contributed by atoms with Crippen LogP contribution in [0.1, 0.15) is 35.5 Å². The molecule has 0 bridgehead atoms. The van der Waals surface area contributed by atoms with Crippen molar-refractivity contribution in [1.82, 2.24) is 10.3 Å². The fourth-order valence-electron chi connectivity index (χ4n) is 3.35. The van der Waals surface area contributed by atoms with Gasteiger partial charge < -0.3 is 15.1 Å². The van der Waals surface area contributed by atoms with Gasteiger partial charge in [-0.25, -0.2) is 0 Å². The van der Waals surface area contributed by atoms with Crippen molar-refractivity contribution >= 4 is 23.2 Å². The van der Waals surface area contributed by atoms with E-state index in [-0.39, 0.29) is 24.4 Å². The summed E-state index contributed by atoms with van der Waals surface area (Å²) in [5.41, 5.74) is 4.45. The van der Waals surface area contributed by atoms with Gasteiger partial charge in [0, 0.05) is 36.7 Å². The number of carbonyl (C=O) groups excluding carboxylic acids is 2. The zero-order valence-corrected chi connectivity index (χ0v) is 16.3. The van der Waals surface area contributed by atoms with Crippen LogP contribution in [-0.4, -0.2) is 42.5 Å². The van der Waals surface area contributed by atoms with E-state index in [0.717, 1.165) is 22.5 Å². The maximum absolute atomic E-state index is 12.8. The van der Waals surface area contributed by atoms with Gasteiger partial charge in [-0.05, 0) is 63.1 Å². The van der Waals surface area contributed by atoms with Crippen LogP contribution < -0.4 is 15.1 Å². The van der Waals surface area contributed by atoms with E-state index in [1.54, 1.807) is 12.3 Å². The molecule has 1 aliphatic heterocycles. The standard InChI is InChI=1S/C21H26N4O2/c1-14(2)23-21(27)19-12-17(5-6-22-19)24-7-8-25(20(26)13-24)18-10-15(3)9-16(4)11-18/h5-6,9-12,14H,7-8,13H2,1-4H3,(H,23,27). The number of hydrogen-bond donors (Lipinski definition) is 1. The van der Waals surface area contributed by atoms with E-state index in [1.807, 2.05) is 55.7 Å². The summed E-state index contributed by atoms with van der Waals surface area (Å²) < 4.78 is 0. The Morgan fingerprint density at radius 3 is 2.41 bits per heavy atom. The lowest BCUT2D eigenvalue weighted by molar-refractivity contribution is -0.117. The second-order valence-corrected chi connectivity index (χ2v) is 7.34. The van der Waals surface area contributed by atoms with Crippen LogP contribution in [0.15, 0.2) is 36.5 Å². The minimum atomic E-state index is -0.202. The van der Waals surface area contributed by atoms with Gasteiger partial charge in [0.25, 0.3) is 5.91 Å². The van der Waals surface area contributed by atoms with Crippen LogP contribution in [0.5, 0.6) is 0 Å². The monoisotopic (exact) mass is 366 g/mol. The quantitative estimate of drug-likeness (QED) is 0.904. The summed E-state index contributed by atoms with van der Waals surface area (Å²) in [6, 6.07) is 9.82. The molecule has 6 heteroatoms. The van der Waals surface area contributed by atoms with E-state index in [0.29, 0.717) is 18.8 Å². The van der Waals surface area contributed by atoms with Crippen molar-refractivity contribution in [3.05, 3.63) is 53.3 Å². The predicted molar refractivity (Wildman–Crippen MR) is 107 cm³/mol. The van der Waals surface area contributed by atoms with Gasteiger partial charge in [0.05, 0.1) is 6.54 Å². The minimum Gasteiger partial charge on any atom is -0.360 e. The Morgan fingerprint density at radius 2 is 1.78 bits per heavy atom. The third-order valence-electron chi connectivity index (χ3n) is 4.50. The maximum Gasteiger partial charge on any atom is 0.270 e. The van der Waals surface area contributed by atoms with E-state index in [1.165, 1.54) is 0 Å². The first-order valence-electron chi connectivity index (χ1n) is 9.24. The molecule has 1 aliphatic rings. The topological polar surface area (TPSA) is 65.5 Å². The first kappa shape index (κ1) is 18.9. The van der Waals surface area contributed by atoms with Crippen molar-refractivity contribution in [2.75, 3.05) is 29.4 Å². The fraction of sp³-hybridized carbons (Fsp3) is 0.381. The summed E-state index contributed by atoms with van der Waals surface area (Å²) in [5.74, 6) is -0.150. The second-order valence-electron chi connectivity index (χ2n) is 7.34. The van der Waals surface area contributed by atoms with Gasteiger partial charge in [-0.1, -0.05) is 6.07 Å². The van der Waals surface area contributed by atoms with E-state index >= 15 is 0 Å². The molecular formula is C21H26N4O2. The van der Waals surface area contributed by atoms with Crippen LogP contribution in [0.25, 0.3) is 0 Å². The Hall–Kier alpha value is -2.89. The number of aryl methyl sites for hydroxylation is 2. The van der Waals surface area contributed by atoms with Crippen LogP contribution in [0.3, 0.4) is 0 Å². The van der Waals surface area contributed by atoms with Gasteiger partial charge in [-0.2, -0.15) is 0 Å². The number of nitrogens with one attached hydrogen (secondary N) is 1. The molecule has 142 valence electrons. The Balaban J connectivity index is 1.74. The molecule has 0 atom stereocenters. The number of rotatable bonds is 4. The van der Waals surface area contributed by atoms with Crippen molar-refractivity contribution in [3.8, 4) is 0 Å². The molecule has 0 radical (unpaired) electrons. The largest absolute Gasteiger partial charge is 0.360 e.